The number of rotatable bonds is 3. The van der Waals surface area contributed by atoms with E-state index in [1.807, 2.05) is 13.8 Å². The number of amides is 1. The van der Waals surface area contributed by atoms with Gasteiger partial charge in [0.1, 0.15) is 17.5 Å². The minimum absolute atomic E-state index is 0.0101. The predicted molar refractivity (Wildman–Crippen MR) is 127 cm³/mol. The Labute approximate surface area is 207 Å². The van der Waals surface area contributed by atoms with Crippen molar-refractivity contribution in [2.75, 3.05) is 13.2 Å². The highest BCUT2D eigenvalue weighted by Gasteiger charge is 2.39. The topological polar surface area (TPSA) is 122 Å². The lowest BCUT2D eigenvalue weighted by atomic mass is 10.1. The summed E-state index contributed by atoms with van der Waals surface area (Å²) >= 11 is 19.2. The van der Waals surface area contributed by atoms with Gasteiger partial charge in [-0.2, -0.15) is 0 Å². The second-order valence-corrected chi connectivity index (χ2v) is 11.0. The second kappa shape index (κ2) is 10.2. The molecule has 1 aliphatic heterocycles. The summed E-state index contributed by atoms with van der Waals surface area (Å²) in [6.45, 7) is 4.00. The highest BCUT2D eigenvalue weighted by Crippen LogP contribution is 2.46. The number of nitrogens with one attached hydrogen (secondary N) is 1. The van der Waals surface area contributed by atoms with Crippen molar-refractivity contribution in [1.82, 2.24) is 24.2 Å². The number of halogens is 3. The molecule has 4 rings (SSSR count). The zero-order valence-electron chi connectivity index (χ0n) is 17.9. The molecule has 10 nitrogen and oxygen atoms in total. The van der Waals surface area contributed by atoms with Crippen LogP contribution in [0.1, 0.15) is 29.1 Å². The van der Waals surface area contributed by atoms with Gasteiger partial charge in [-0.05, 0) is 5.92 Å². The van der Waals surface area contributed by atoms with Gasteiger partial charge in [0.05, 0.1) is 28.7 Å². The smallest absolute Gasteiger partial charge is 0.331 e. The number of nitrogens with zero attached hydrogens (tertiary/aromatic N) is 4. The maximum Gasteiger partial charge on any atom is 0.331 e. The normalized spacial score (nSPS) is 16.4. The number of carbonyl (C=O) groups is 1. The quantitative estimate of drug-likeness (QED) is 0.494. The van der Waals surface area contributed by atoms with Gasteiger partial charge in [0.2, 0.25) is 3.79 Å². The summed E-state index contributed by atoms with van der Waals surface area (Å²) in [5, 5.41) is 10.6. The van der Waals surface area contributed by atoms with E-state index < -0.39 is 27.1 Å². The number of hydrogen-bond donors (Lipinski definition) is 2. The molecule has 0 bridgehead atoms. The van der Waals surface area contributed by atoms with Crippen molar-refractivity contribution < 1.29 is 14.7 Å². The fourth-order valence-corrected chi connectivity index (χ4v) is 5.00. The van der Waals surface area contributed by atoms with E-state index in [9.17, 15) is 19.5 Å². The fourth-order valence-electron chi connectivity index (χ4n) is 3.21. The van der Waals surface area contributed by atoms with E-state index in [4.69, 9.17) is 39.6 Å². The van der Waals surface area contributed by atoms with Gasteiger partial charge in [0.25, 0.3) is 11.5 Å². The van der Waals surface area contributed by atoms with Crippen LogP contribution in [0.15, 0.2) is 28.3 Å². The Morgan fingerprint density at radius 2 is 2.09 bits per heavy atom. The van der Waals surface area contributed by atoms with Crippen LogP contribution in [0.4, 0.5) is 0 Å². The van der Waals surface area contributed by atoms with Crippen LogP contribution in [-0.4, -0.2) is 54.4 Å². The molecule has 0 spiro atoms. The van der Waals surface area contributed by atoms with Crippen molar-refractivity contribution in [2.24, 2.45) is 13.0 Å². The van der Waals surface area contributed by atoms with Crippen LogP contribution in [0.3, 0.4) is 0 Å². The zero-order valence-corrected chi connectivity index (χ0v) is 21.0. The van der Waals surface area contributed by atoms with E-state index in [0.717, 1.165) is 21.0 Å². The SMILES string of the molecule is CC(C)Cn1c(=O)n(C)c(=O)c2c(C(=O)N3CC(O)CO3)c(C(Cl)(Cl)Cl)sc21.c1c[nH]cn1. The fraction of sp³-hybridized carbons (Fsp3) is 0.474. The van der Waals surface area contributed by atoms with Crippen LogP contribution in [-0.2, 0) is 22.2 Å². The minimum Gasteiger partial charge on any atom is -0.389 e. The summed E-state index contributed by atoms with van der Waals surface area (Å²) in [5.74, 6) is -0.621. The van der Waals surface area contributed by atoms with Crippen LogP contribution in [0.5, 0.6) is 0 Å². The van der Waals surface area contributed by atoms with Crippen LogP contribution in [0.2, 0.25) is 0 Å². The number of hydrogen-bond acceptors (Lipinski definition) is 7. The van der Waals surface area contributed by atoms with Gasteiger partial charge in [-0.3, -0.25) is 23.6 Å². The number of fused-ring (bicyclic) bond motifs is 1. The Bertz CT molecular complexity index is 1230. The summed E-state index contributed by atoms with van der Waals surface area (Å²) < 4.78 is 0.329. The molecule has 1 atom stereocenters. The summed E-state index contributed by atoms with van der Waals surface area (Å²) in [6, 6.07) is 0. The number of alkyl halides is 3. The summed E-state index contributed by atoms with van der Waals surface area (Å²) in [6.07, 6.45) is 4.23. The van der Waals surface area contributed by atoms with Gasteiger partial charge >= 0.3 is 5.69 Å². The third-order valence-electron chi connectivity index (χ3n) is 4.62. The summed E-state index contributed by atoms with van der Waals surface area (Å²) in [5.41, 5.74) is -1.32. The number of aliphatic hydroxyl groups excluding tert-OH is 1. The Kier molecular flexibility index (Phi) is 7.92. The van der Waals surface area contributed by atoms with Gasteiger partial charge in [-0.1, -0.05) is 48.7 Å². The third-order valence-corrected chi connectivity index (χ3v) is 6.86. The molecule has 0 radical (unpaired) electrons. The number of imidazole rings is 1. The number of H-pyrrole nitrogens is 1. The zero-order chi connectivity index (χ0) is 24.5. The van der Waals surface area contributed by atoms with Crippen LogP contribution >= 0.6 is 46.1 Å². The molecule has 3 aromatic rings. The molecule has 0 aromatic carbocycles. The molecule has 4 heterocycles. The van der Waals surface area contributed by atoms with Gasteiger partial charge < -0.3 is 10.1 Å². The molecule has 1 saturated heterocycles. The van der Waals surface area contributed by atoms with Crippen molar-refractivity contribution in [1.29, 1.82) is 0 Å². The Morgan fingerprint density at radius 3 is 2.55 bits per heavy atom. The van der Waals surface area contributed by atoms with E-state index >= 15 is 0 Å². The third kappa shape index (κ3) is 5.44. The first-order valence-electron chi connectivity index (χ1n) is 9.82. The molecule has 0 aliphatic carbocycles. The molecule has 1 amide bonds. The highest BCUT2D eigenvalue weighted by atomic mass is 35.6. The summed E-state index contributed by atoms with van der Waals surface area (Å²) in [4.78, 5) is 50.5. The van der Waals surface area contributed by atoms with Gasteiger partial charge in [0.15, 0.2) is 0 Å². The molecule has 14 heteroatoms. The lowest BCUT2D eigenvalue weighted by Crippen LogP contribution is -2.39. The minimum atomic E-state index is -2.00. The second-order valence-electron chi connectivity index (χ2n) is 7.71. The van der Waals surface area contributed by atoms with E-state index in [2.05, 4.69) is 9.97 Å². The standard InChI is InChI=1S/C16H18Cl3N3O5S.C3H4N2/c1-7(2)4-21-14-10(12(24)20(3)15(21)26)9(11(28-14)16(17,18)19)13(25)22-5-8(23)6-27-22;1-2-5-3-4-1/h7-8,23H,4-6H2,1-3H3;1-3H,(H,4,5). The van der Waals surface area contributed by atoms with Crippen LogP contribution in [0, 0.1) is 5.92 Å². The molecule has 180 valence electrons. The van der Waals surface area contributed by atoms with Crippen molar-refractivity contribution in [3.8, 4) is 0 Å². The number of aromatic nitrogens is 4. The molecule has 3 aromatic heterocycles. The van der Waals surface area contributed by atoms with Crippen LogP contribution < -0.4 is 11.2 Å². The predicted octanol–water partition coefficient (Wildman–Crippen LogP) is 2.40. The Hall–Kier alpha value is -1.89. The number of hydroxylamine groups is 2. The molecule has 1 fully saturated rings. The first-order valence-corrected chi connectivity index (χ1v) is 11.8. The molecule has 1 aliphatic rings. The van der Waals surface area contributed by atoms with Gasteiger partial charge in [0, 0.05) is 26.0 Å². The van der Waals surface area contributed by atoms with Crippen molar-refractivity contribution >= 4 is 62.3 Å². The molecule has 1 unspecified atom stereocenters. The first-order chi connectivity index (χ1) is 15.4. The monoisotopic (exact) mass is 537 g/mol. The maximum atomic E-state index is 13.1. The van der Waals surface area contributed by atoms with E-state index in [0.29, 0.717) is 6.54 Å². The van der Waals surface area contributed by atoms with E-state index in [1.54, 1.807) is 18.7 Å². The maximum absolute atomic E-state index is 13.1. The molecular weight excluding hydrogens is 517 g/mol. The van der Waals surface area contributed by atoms with Crippen molar-refractivity contribution in [2.45, 2.75) is 30.3 Å². The first kappa shape index (κ1) is 25.7. The largest absolute Gasteiger partial charge is 0.389 e. The lowest BCUT2D eigenvalue weighted by molar-refractivity contribution is -0.0778. The number of carbonyl (C=O) groups excluding carboxylic acids is 1. The number of aliphatic hydroxyl groups is 1. The number of β-amino-alcohol motifs (C(OH)–C–C–N with tert-alkyl or cyclic N) is 1. The van der Waals surface area contributed by atoms with Gasteiger partial charge in [-0.15, -0.1) is 11.3 Å². The number of aromatic amines is 1. The van der Waals surface area contributed by atoms with Crippen LogP contribution in [0.25, 0.3) is 10.2 Å². The van der Waals surface area contributed by atoms with Crippen molar-refractivity contribution in [3.05, 3.63) is 50.0 Å². The Morgan fingerprint density at radius 1 is 1.39 bits per heavy atom. The molecule has 0 saturated carbocycles. The average Bonchev–Trinajstić information content (AvgIpc) is 3.49. The Balaban J connectivity index is 0.000000541. The molecule has 33 heavy (non-hydrogen) atoms. The molecular formula is C19H22Cl3N5O5S. The van der Waals surface area contributed by atoms with E-state index in [-0.39, 0.29) is 39.7 Å². The lowest BCUT2D eigenvalue weighted by Gasteiger charge is -2.17. The summed E-state index contributed by atoms with van der Waals surface area (Å²) in [7, 11) is 1.33. The van der Waals surface area contributed by atoms with Crippen molar-refractivity contribution in [3.63, 3.8) is 0 Å². The highest BCUT2D eigenvalue weighted by molar-refractivity contribution is 7.20. The average molecular weight is 539 g/mol. The van der Waals surface area contributed by atoms with Gasteiger partial charge in [-0.25, -0.2) is 14.8 Å². The molecule has 2 N–H and O–H groups in total. The number of thiophene rings is 1. The van der Waals surface area contributed by atoms with E-state index in [1.165, 1.54) is 11.6 Å².